The molecule has 1 radical (unpaired) electrons. The number of hydrogen-bond donors (Lipinski definition) is 0. The van der Waals surface area contributed by atoms with Crippen LogP contribution in [0.1, 0.15) is 36.0 Å². The van der Waals surface area contributed by atoms with Crippen molar-refractivity contribution in [3.8, 4) is 33.6 Å². The summed E-state index contributed by atoms with van der Waals surface area (Å²) in [6, 6.07) is 40.5. The summed E-state index contributed by atoms with van der Waals surface area (Å²) in [7, 11) is 0. The van der Waals surface area contributed by atoms with Gasteiger partial charge in [0.25, 0.3) is 0 Å². The van der Waals surface area contributed by atoms with E-state index in [1.807, 2.05) is 30.6 Å². The molecule has 3 aromatic heterocycles. The maximum Gasteiger partial charge on any atom is 0 e. The van der Waals surface area contributed by atoms with Crippen molar-refractivity contribution in [2.75, 3.05) is 0 Å². The number of hydrogen-bond acceptors (Lipinski definition) is 3. The first kappa shape index (κ1) is 31.4. The summed E-state index contributed by atoms with van der Waals surface area (Å²) in [6.45, 7) is 4.69. The molecule has 0 spiro atoms. The molecule has 0 amide bonds. The normalized spacial score (nSPS) is 12.8. The Labute approximate surface area is 305 Å². The Morgan fingerprint density at radius 2 is 1.56 bits per heavy atom. The minimum Gasteiger partial charge on any atom is 0 e. The molecule has 0 N–H and O–H groups in total. The number of pyridine rings is 2. The predicted molar refractivity (Wildman–Crippen MR) is 201 cm³/mol. The van der Waals surface area contributed by atoms with E-state index in [2.05, 4.69) is 127 Å². The summed E-state index contributed by atoms with van der Waals surface area (Å²) in [5.41, 5.74) is 9.47. The van der Waals surface area contributed by atoms with E-state index in [0.29, 0.717) is 5.56 Å². The first-order valence-corrected chi connectivity index (χ1v) is 23.4. The molecule has 5 heteroatoms. The van der Waals surface area contributed by atoms with E-state index in [4.69, 9.17) is 8.53 Å². The fourth-order valence-corrected chi connectivity index (χ4v) is 7.83. The smallest absolute Gasteiger partial charge is 0 e. The van der Waals surface area contributed by atoms with Crippen LogP contribution in [0.2, 0.25) is 17.3 Å². The fraction of sp³-hybridized carbons (Fsp3) is 0.209. The number of furan rings is 1. The van der Waals surface area contributed by atoms with Gasteiger partial charge in [-0.2, -0.15) is 0 Å². The van der Waals surface area contributed by atoms with Gasteiger partial charge in [0.15, 0.2) is 0 Å². The molecular weight excluding hydrogens is 825 g/mol. The fourth-order valence-electron chi connectivity index (χ4n) is 5.66. The number of benzene rings is 4. The second kappa shape index (κ2) is 14.7. The molecule has 245 valence electrons. The van der Waals surface area contributed by atoms with Crippen molar-refractivity contribution in [1.29, 1.82) is 0 Å². The van der Waals surface area contributed by atoms with Crippen LogP contribution in [0.15, 0.2) is 120 Å². The Morgan fingerprint density at radius 1 is 0.771 bits per heavy atom. The van der Waals surface area contributed by atoms with E-state index in [1.165, 1.54) is 16.0 Å². The van der Waals surface area contributed by atoms with Gasteiger partial charge in [0.1, 0.15) is 5.58 Å². The molecule has 0 fully saturated rings. The van der Waals surface area contributed by atoms with Crippen molar-refractivity contribution < 1.29 is 28.6 Å². The Kier molecular flexibility index (Phi) is 9.66. The molecule has 0 unspecified atom stereocenters. The van der Waals surface area contributed by atoms with Gasteiger partial charge in [0.2, 0.25) is 0 Å². The zero-order chi connectivity index (χ0) is 35.7. The minimum atomic E-state index is -2.08. The monoisotopic (exact) mass is 872 g/mol. The largest absolute Gasteiger partial charge is 0 e. The van der Waals surface area contributed by atoms with Crippen LogP contribution in [0, 0.1) is 24.4 Å². The molecule has 0 saturated carbocycles. The van der Waals surface area contributed by atoms with Crippen LogP contribution >= 0.6 is 0 Å². The second-order valence-corrected chi connectivity index (χ2v) is 24.9. The Bertz CT molecular complexity index is 2180. The van der Waals surface area contributed by atoms with E-state index < -0.39 is 20.1 Å². The van der Waals surface area contributed by atoms with Crippen LogP contribution in [-0.2, 0) is 26.5 Å². The summed E-state index contributed by atoms with van der Waals surface area (Å²) in [6.07, 6.45) is 4.86. The quantitative estimate of drug-likeness (QED) is 0.128. The topological polar surface area (TPSA) is 38.9 Å². The maximum atomic E-state index is 7.35. The molecule has 7 rings (SSSR count). The number of para-hydroxylation sites is 1. The SMILES string of the molecule is CC(C)(C)Cc1ccnc(-c2[c-]cc3oc4c(-c5ccccc5)cccc4c3c2)c1.[2H]C([2H])([2H])c1c[c-]c(-c2cc[c]([Ge]([CH3])([CH3])[CH3])cn2)cc1.[Ir]. The molecule has 48 heavy (non-hydrogen) atoms. The van der Waals surface area contributed by atoms with Crippen molar-refractivity contribution >= 4 is 39.6 Å². The second-order valence-electron chi connectivity index (χ2n) is 14.2. The van der Waals surface area contributed by atoms with Gasteiger partial charge < -0.3 is 9.40 Å². The molecular formula is C43H42GeIrN2O-2. The zero-order valence-electron chi connectivity index (χ0n) is 31.3. The molecule has 7 aromatic rings. The van der Waals surface area contributed by atoms with Crippen molar-refractivity contribution in [3.63, 3.8) is 0 Å². The van der Waals surface area contributed by atoms with E-state index in [9.17, 15) is 0 Å². The maximum absolute atomic E-state index is 7.35. The van der Waals surface area contributed by atoms with Crippen LogP contribution < -0.4 is 4.40 Å². The summed E-state index contributed by atoms with van der Waals surface area (Å²) in [4.78, 5) is 9.10. The molecule has 0 aliphatic rings. The van der Waals surface area contributed by atoms with E-state index in [0.717, 1.165) is 62.0 Å². The molecule has 4 aromatic carbocycles. The molecule has 3 heterocycles. The average Bonchev–Trinajstić information content (AvgIpc) is 3.46. The van der Waals surface area contributed by atoms with Gasteiger partial charge in [-0.25, -0.2) is 0 Å². The Hall–Kier alpha value is -3.83. The number of rotatable bonds is 5. The standard InChI is InChI=1S/C28H24NO.C15H18GeN.Ir/c1-28(2,3)18-19-14-15-29-25(16-19)21-12-13-26-24(17-21)23-11-7-10-22(27(23)30-26)20-8-5-4-6-9-20;1-12-5-7-13(8-6-12)15-10-9-14(11-17-15)16(2,3)4;/h4-11,13-17H,18H2,1-3H3;5-7,9-11H,1-4H3;/q2*-1;/i;1D3;. The Morgan fingerprint density at radius 3 is 2.23 bits per heavy atom. The van der Waals surface area contributed by atoms with Gasteiger partial charge in [0.05, 0.1) is 5.58 Å². The molecule has 3 nitrogen and oxygen atoms in total. The summed E-state index contributed by atoms with van der Waals surface area (Å²) in [5, 5.41) is 2.21. The third-order valence-electron chi connectivity index (χ3n) is 8.07. The first-order chi connectivity index (χ1) is 23.7. The van der Waals surface area contributed by atoms with Crippen molar-refractivity contribution in [3.05, 3.63) is 139 Å². The number of aryl methyl sites for hydroxylation is 1. The third-order valence-corrected chi connectivity index (χ3v) is 12.3. The van der Waals surface area contributed by atoms with Gasteiger partial charge in [0, 0.05) is 37.3 Å². The van der Waals surface area contributed by atoms with Crippen LogP contribution in [0.5, 0.6) is 0 Å². The van der Waals surface area contributed by atoms with Gasteiger partial charge >= 0.3 is 110 Å². The van der Waals surface area contributed by atoms with Crippen molar-refractivity contribution in [2.45, 2.75) is 51.3 Å². The van der Waals surface area contributed by atoms with Crippen LogP contribution in [0.25, 0.3) is 55.6 Å². The summed E-state index contributed by atoms with van der Waals surface area (Å²) in [5.74, 6) is 6.98. The van der Waals surface area contributed by atoms with E-state index in [1.54, 1.807) is 12.1 Å². The molecule has 0 atom stereocenters. The van der Waals surface area contributed by atoms with Crippen molar-refractivity contribution in [2.24, 2.45) is 5.41 Å². The summed E-state index contributed by atoms with van der Waals surface area (Å²) >= 11 is -1.83. The Balaban J connectivity index is 0.000000211. The van der Waals surface area contributed by atoms with Gasteiger partial charge in [-0.3, -0.25) is 0 Å². The number of fused-ring (bicyclic) bond motifs is 3. The number of nitrogens with zero attached hydrogens (tertiary/aromatic N) is 2. The zero-order valence-corrected chi connectivity index (χ0v) is 32.8. The minimum absolute atomic E-state index is 0. The molecule has 0 aliphatic carbocycles. The number of aromatic nitrogens is 2. The van der Waals surface area contributed by atoms with Gasteiger partial charge in [-0.05, 0) is 29.2 Å². The van der Waals surface area contributed by atoms with Crippen LogP contribution in [-0.4, -0.2) is 23.2 Å². The first-order valence-electron chi connectivity index (χ1n) is 17.5. The molecule has 0 aliphatic heterocycles. The average molecular weight is 871 g/mol. The van der Waals surface area contributed by atoms with Gasteiger partial charge in [-0.1, -0.05) is 86.3 Å². The third kappa shape index (κ3) is 8.41. The molecule has 0 bridgehead atoms. The summed E-state index contributed by atoms with van der Waals surface area (Å²) < 4.78 is 29.7. The van der Waals surface area contributed by atoms with Crippen LogP contribution in [0.4, 0.5) is 0 Å². The van der Waals surface area contributed by atoms with E-state index in [-0.39, 0.29) is 25.5 Å². The molecule has 0 saturated heterocycles. The van der Waals surface area contributed by atoms with E-state index >= 15 is 0 Å². The predicted octanol–water partition coefficient (Wildman–Crippen LogP) is 11.1. The van der Waals surface area contributed by atoms with Crippen LogP contribution in [0.3, 0.4) is 0 Å². The van der Waals surface area contributed by atoms with Crippen molar-refractivity contribution in [1.82, 2.24) is 9.97 Å². The van der Waals surface area contributed by atoms with Gasteiger partial charge in [-0.15, -0.1) is 23.8 Å².